The van der Waals surface area contributed by atoms with Gasteiger partial charge in [0.05, 0.1) is 34.4 Å². The molecule has 156 valence electrons. The highest BCUT2D eigenvalue weighted by Gasteiger charge is 2.15. The van der Waals surface area contributed by atoms with E-state index in [1.807, 2.05) is 36.4 Å². The molecule has 0 bridgehead atoms. The Kier molecular flexibility index (Phi) is 6.08. The highest BCUT2D eigenvalue weighted by atomic mass is 35.5. The van der Waals surface area contributed by atoms with Crippen LogP contribution in [-0.4, -0.2) is 28.1 Å². The summed E-state index contributed by atoms with van der Waals surface area (Å²) in [7, 11) is 1.55. The zero-order valence-corrected chi connectivity index (χ0v) is 18.5. The van der Waals surface area contributed by atoms with E-state index in [2.05, 4.69) is 20.6 Å². The quantitative estimate of drug-likeness (QED) is 0.334. The fourth-order valence-electron chi connectivity index (χ4n) is 3.04. The Bertz CT molecular complexity index is 1270. The van der Waals surface area contributed by atoms with Crippen molar-refractivity contribution in [2.45, 2.75) is 0 Å². The molecule has 0 aliphatic carbocycles. The Morgan fingerprint density at radius 3 is 2.65 bits per heavy atom. The topological polar surface area (TPSA) is 79.0 Å². The molecular formula is C22H16Cl2N4O2S. The lowest BCUT2D eigenvalue weighted by Crippen LogP contribution is -2.34. The number of para-hydroxylation sites is 2. The lowest BCUT2D eigenvalue weighted by atomic mass is 10.1. The van der Waals surface area contributed by atoms with Gasteiger partial charge in [0.2, 0.25) is 0 Å². The molecule has 0 unspecified atom stereocenters. The summed E-state index contributed by atoms with van der Waals surface area (Å²) in [4.78, 5) is 20.4. The molecule has 0 aliphatic heterocycles. The second kappa shape index (κ2) is 8.93. The molecule has 3 aromatic carbocycles. The van der Waals surface area contributed by atoms with Crippen molar-refractivity contribution >= 4 is 63.2 Å². The van der Waals surface area contributed by atoms with Crippen LogP contribution >= 0.6 is 35.4 Å². The van der Waals surface area contributed by atoms with Crippen molar-refractivity contribution in [3.63, 3.8) is 0 Å². The van der Waals surface area contributed by atoms with Crippen molar-refractivity contribution in [3.05, 3.63) is 76.3 Å². The molecule has 9 heteroatoms. The summed E-state index contributed by atoms with van der Waals surface area (Å²) in [5.74, 6) is 0.808. The molecule has 3 N–H and O–H groups in total. The van der Waals surface area contributed by atoms with Crippen LogP contribution in [-0.2, 0) is 0 Å². The number of nitrogens with zero attached hydrogens (tertiary/aromatic N) is 1. The molecule has 0 atom stereocenters. The number of fused-ring (bicyclic) bond motifs is 1. The van der Waals surface area contributed by atoms with Crippen LogP contribution in [0.4, 0.5) is 5.69 Å². The summed E-state index contributed by atoms with van der Waals surface area (Å²) in [5, 5.41) is 6.38. The number of H-pyrrole nitrogens is 1. The first kappa shape index (κ1) is 21.1. The van der Waals surface area contributed by atoms with Crippen molar-refractivity contribution in [1.82, 2.24) is 15.3 Å². The van der Waals surface area contributed by atoms with Gasteiger partial charge in [0, 0.05) is 10.6 Å². The Labute approximate surface area is 193 Å². The summed E-state index contributed by atoms with van der Waals surface area (Å²) < 4.78 is 5.42. The molecule has 1 heterocycles. The maximum Gasteiger partial charge on any atom is 0.258 e. The molecule has 0 fully saturated rings. The second-order valence-corrected chi connectivity index (χ2v) is 7.80. The van der Waals surface area contributed by atoms with Crippen LogP contribution in [0.15, 0.2) is 60.7 Å². The zero-order chi connectivity index (χ0) is 22.0. The molecule has 6 nitrogen and oxygen atoms in total. The van der Waals surface area contributed by atoms with E-state index in [1.54, 1.807) is 19.2 Å². The molecule has 1 aromatic heterocycles. The second-order valence-electron chi connectivity index (χ2n) is 6.55. The minimum Gasteiger partial charge on any atom is -0.495 e. The summed E-state index contributed by atoms with van der Waals surface area (Å²) >= 11 is 17.3. The molecule has 1 amide bonds. The van der Waals surface area contributed by atoms with Crippen molar-refractivity contribution in [2.75, 3.05) is 12.4 Å². The maximum atomic E-state index is 12.5. The van der Waals surface area contributed by atoms with Gasteiger partial charge >= 0.3 is 0 Å². The van der Waals surface area contributed by atoms with Gasteiger partial charge in [-0.05, 0) is 60.7 Å². The van der Waals surface area contributed by atoms with Crippen LogP contribution in [0.25, 0.3) is 22.4 Å². The zero-order valence-electron chi connectivity index (χ0n) is 16.2. The largest absolute Gasteiger partial charge is 0.495 e. The average Bonchev–Trinajstić information content (AvgIpc) is 3.17. The van der Waals surface area contributed by atoms with Crippen LogP contribution < -0.4 is 15.4 Å². The Balaban J connectivity index is 1.56. The van der Waals surface area contributed by atoms with Crippen LogP contribution in [0.2, 0.25) is 10.0 Å². The third-order valence-corrected chi connectivity index (χ3v) is 5.27. The standard InChI is InChI=1S/C22H16Cl2N4O2S/c1-30-19-9-6-12(20-25-16-4-2-3-5-17(16)26-20)10-18(19)27-22(31)28-21(29)14-8-7-13(23)11-15(14)24/h2-11H,1H3,(H,25,26)(H2,27,28,29,31). The number of benzene rings is 3. The number of carbonyl (C=O) groups is 1. The number of halogens is 2. The van der Waals surface area contributed by atoms with E-state index < -0.39 is 5.91 Å². The normalized spacial score (nSPS) is 10.7. The Hall–Kier alpha value is -3.13. The van der Waals surface area contributed by atoms with Gasteiger partial charge in [-0.25, -0.2) is 4.98 Å². The summed E-state index contributed by atoms with van der Waals surface area (Å²) in [6.07, 6.45) is 0. The third-order valence-electron chi connectivity index (χ3n) is 4.51. The molecule has 0 aliphatic rings. The molecule has 0 saturated heterocycles. The number of rotatable bonds is 4. The molecule has 0 saturated carbocycles. The predicted molar refractivity (Wildman–Crippen MR) is 128 cm³/mol. The number of aromatic nitrogens is 2. The first-order valence-corrected chi connectivity index (χ1v) is 10.3. The van der Waals surface area contributed by atoms with Gasteiger partial charge in [-0.1, -0.05) is 35.3 Å². The molecule has 31 heavy (non-hydrogen) atoms. The van der Waals surface area contributed by atoms with Gasteiger partial charge in [-0.2, -0.15) is 0 Å². The highest BCUT2D eigenvalue weighted by Crippen LogP contribution is 2.30. The van der Waals surface area contributed by atoms with Crippen LogP contribution in [0.3, 0.4) is 0 Å². The highest BCUT2D eigenvalue weighted by molar-refractivity contribution is 7.80. The molecule has 4 rings (SSSR count). The fraction of sp³-hybridized carbons (Fsp3) is 0.0455. The number of carbonyl (C=O) groups excluding carboxylic acids is 1. The number of aromatic amines is 1. The maximum absolute atomic E-state index is 12.5. The van der Waals surface area contributed by atoms with Gasteiger partial charge in [-0.15, -0.1) is 0 Å². The van der Waals surface area contributed by atoms with E-state index >= 15 is 0 Å². The lowest BCUT2D eigenvalue weighted by Gasteiger charge is -2.14. The van der Waals surface area contributed by atoms with E-state index in [0.29, 0.717) is 22.3 Å². The Morgan fingerprint density at radius 2 is 1.90 bits per heavy atom. The minimum absolute atomic E-state index is 0.0936. The number of hydrogen-bond acceptors (Lipinski definition) is 4. The Morgan fingerprint density at radius 1 is 1.10 bits per heavy atom. The summed E-state index contributed by atoms with van der Waals surface area (Å²) in [5.41, 5.74) is 3.47. The van der Waals surface area contributed by atoms with E-state index in [4.69, 9.17) is 40.2 Å². The number of ether oxygens (including phenoxy) is 1. The van der Waals surface area contributed by atoms with E-state index in [-0.39, 0.29) is 15.7 Å². The SMILES string of the molecule is COc1ccc(-c2nc3ccccc3[nH]2)cc1NC(=S)NC(=O)c1ccc(Cl)cc1Cl. The van der Waals surface area contributed by atoms with Crippen LogP contribution in [0.1, 0.15) is 10.4 Å². The van der Waals surface area contributed by atoms with E-state index in [1.165, 1.54) is 12.1 Å². The predicted octanol–water partition coefficient (Wildman–Crippen LogP) is 5.67. The van der Waals surface area contributed by atoms with Gasteiger partial charge in [0.1, 0.15) is 11.6 Å². The summed E-state index contributed by atoms with van der Waals surface area (Å²) in [6.45, 7) is 0. The van der Waals surface area contributed by atoms with Crippen molar-refractivity contribution < 1.29 is 9.53 Å². The van der Waals surface area contributed by atoms with Gasteiger partial charge in [0.25, 0.3) is 5.91 Å². The number of nitrogens with one attached hydrogen (secondary N) is 3. The number of methoxy groups -OCH3 is 1. The summed E-state index contributed by atoms with van der Waals surface area (Å²) in [6, 6.07) is 17.9. The number of imidazole rings is 1. The molecule has 0 radical (unpaired) electrons. The van der Waals surface area contributed by atoms with Gasteiger partial charge in [0.15, 0.2) is 5.11 Å². The third kappa shape index (κ3) is 4.64. The molecular weight excluding hydrogens is 455 g/mol. The van der Waals surface area contributed by atoms with Crippen LogP contribution in [0.5, 0.6) is 5.75 Å². The number of amides is 1. The molecule has 0 spiro atoms. The van der Waals surface area contributed by atoms with Gasteiger partial charge in [-0.3, -0.25) is 10.1 Å². The monoisotopic (exact) mass is 470 g/mol. The lowest BCUT2D eigenvalue weighted by molar-refractivity contribution is 0.0978. The fourth-order valence-corrected chi connectivity index (χ4v) is 3.74. The molecule has 4 aromatic rings. The number of anilines is 1. The van der Waals surface area contributed by atoms with Crippen molar-refractivity contribution in [1.29, 1.82) is 0 Å². The minimum atomic E-state index is -0.452. The smallest absolute Gasteiger partial charge is 0.258 e. The first-order valence-electron chi connectivity index (χ1n) is 9.15. The number of hydrogen-bond donors (Lipinski definition) is 3. The van der Waals surface area contributed by atoms with E-state index in [0.717, 1.165) is 16.6 Å². The van der Waals surface area contributed by atoms with Crippen LogP contribution in [0, 0.1) is 0 Å². The first-order chi connectivity index (χ1) is 14.9. The van der Waals surface area contributed by atoms with Crippen molar-refractivity contribution in [2.24, 2.45) is 0 Å². The van der Waals surface area contributed by atoms with Gasteiger partial charge < -0.3 is 15.0 Å². The van der Waals surface area contributed by atoms with Crippen molar-refractivity contribution in [3.8, 4) is 17.1 Å². The average molecular weight is 471 g/mol. The van der Waals surface area contributed by atoms with E-state index in [9.17, 15) is 4.79 Å². The number of thiocarbonyl (C=S) groups is 1.